The van der Waals surface area contributed by atoms with E-state index in [-0.39, 0.29) is 12.3 Å². The first kappa shape index (κ1) is 16.0. The Balaban J connectivity index is 2.31. The van der Waals surface area contributed by atoms with Crippen LogP contribution in [0.15, 0.2) is 42.5 Å². The van der Waals surface area contributed by atoms with Gasteiger partial charge in [-0.3, -0.25) is 9.36 Å². The molecule has 0 unspecified atom stereocenters. The maximum atomic E-state index is 13.0. The molecule has 0 aliphatic carbocycles. The number of aromatic nitrogens is 1. The predicted molar refractivity (Wildman–Crippen MR) is 93.9 cm³/mol. The Hall–Kier alpha value is -2.88. The number of rotatable bonds is 4. The van der Waals surface area contributed by atoms with Crippen molar-refractivity contribution >= 4 is 23.1 Å². The number of benzene rings is 2. The molecule has 1 heterocycles. The second-order valence-corrected chi connectivity index (χ2v) is 5.73. The van der Waals surface area contributed by atoms with Crippen molar-refractivity contribution in [2.24, 2.45) is 0 Å². The molecular weight excluding hydrogens is 302 g/mol. The van der Waals surface area contributed by atoms with Crippen molar-refractivity contribution in [3.8, 4) is 5.75 Å². The Bertz CT molecular complexity index is 923. The molecule has 0 fully saturated rings. The summed E-state index contributed by atoms with van der Waals surface area (Å²) in [5.74, 6) is 0.593. The van der Waals surface area contributed by atoms with Crippen molar-refractivity contribution in [3.05, 3.63) is 64.8 Å². The molecule has 1 aromatic heterocycles. The first-order chi connectivity index (χ1) is 11.6. The number of hydrogen-bond acceptors (Lipinski definition) is 3. The van der Waals surface area contributed by atoms with Gasteiger partial charge in [-0.2, -0.15) is 0 Å². The lowest BCUT2D eigenvalue weighted by Gasteiger charge is -2.10. The summed E-state index contributed by atoms with van der Waals surface area (Å²) < 4.78 is 7.12. The van der Waals surface area contributed by atoms with Crippen molar-refractivity contribution in [2.75, 3.05) is 7.11 Å². The largest absolute Gasteiger partial charge is 0.496 e. The molecule has 24 heavy (non-hydrogen) atoms. The fourth-order valence-electron chi connectivity index (χ4n) is 3.20. The number of ether oxygens (including phenoxy) is 1. The fourth-order valence-corrected chi connectivity index (χ4v) is 3.20. The molecule has 0 radical (unpaired) electrons. The van der Waals surface area contributed by atoms with Gasteiger partial charge in [-0.05, 0) is 43.7 Å². The van der Waals surface area contributed by atoms with Crippen molar-refractivity contribution in [1.82, 2.24) is 4.57 Å². The van der Waals surface area contributed by atoms with Gasteiger partial charge in [0.05, 0.1) is 12.6 Å². The first-order valence-corrected chi connectivity index (χ1v) is 7.81. The van der Waals surface area contributed by atoms with Crippen LogP contribution in [0.3, 0.4) is 0 Å². The van der Waals surface area contributed by atoms with E-state index >= 15 is 0 Å². The highest BCUT2D eigenvalue weighted by Crippen LogP contribution is 2.34. The second kappa shape index (κ2) is 6.32. The summed E-state index contributed by atoms with van der Waals surface area (Å²) in [7, 11) is 1.59. The summed E-state index contributed by atoms with van der Waals surface area (Å²) >= 11 is 0. The molecule has 122 valence electrons. The van der Waals surface area contributed by atoms with E-state index in [9.17, 15) is 9.59 Å². The smallest absolute Gasteiger partial charge is 0.262 e. The van der Waals surface area contributed by atoms with Crippen LogP contribution in [0.25, 0.3) is 10.9 Å². The molecule has 0 saturated heterocycles. The topological polar surface area (TPSA) is 48.3 Å². The van der Waals surface area contributed by atoms with Gasteiger partial charge in [0, 0.05) is 28.6 Å². The standard InChI is InChI=1S/C20H19NO3/c1-13-14(2)21(20(23)15-7-5-4-6-8-15)17-9-10-18(24-3)16(11-12-22)19(13)17/h4-10,12H,11H2,1-3H3. The van der Waals surface area contributed by atoms with Crippen LogP contribution in [-0.4, -0.2) is 23.9 Å². The van der Waals surface area contributed by atoms with Crippen LogP contribution in [-0.2, 0) is 11.2 Å². The maximum absolute atomic E-state index is 13.0. The first-order valence-electron chi connectivity index (χ1n) is 7.81. The molecule has 0 saturated carbocycles. The molecule has 0 amide bonds. The lowest BCUT2D eigenvalue weighted by molar-refractivity contribution is -0.107. The number of methoxy groups -OCH3 is 1. The number of hydrogen-bond donors (Lipinski definition) is 0. The van der Waals surface area contributed by atoms with E-state index in [2.05, 4.69) is 0 Å². The summed E-state index contributed by atoms with van der Waals surface area (Å²) in [6.45, 7) is 3.90. The summed E-state index contributed by atoms with van der Waals surface area (Å²) in [5, 5.41) is 0.920. The van der Waals surface area contributed by atoms with Gasteiger partial charge in [-0.1, -0.05) is 18.2 Å². The van der Waals surface area contributed by atoms with Crippen LogP contribution in [0.1, 0.15) is 27.2 Å². The van der Waals surface area contributed by atoms with E-state index in [1.165, 1.54) is 0 Å². The lowest BCUT2D eigenvalue weighted by Crippen LogP contribution is -2.13. The Labute approximate surface area is 140 Å². The SMILES string of the molecule is COc1ccc2c(c(C)c(C)n2C(=O)c2ccccc2)c1CC=O. The number of carbonyl (C=O) groups is 2. The highest BCUT2D eigenvalue weighted by molar-refractivity contribution is 6.05. The molecule has 4 nitrogen and oxygen atoms in total. The Morgan fingerprint density at radius 1 is 1.12 bits per heavy atom. The fraction of sp³-hybridized carbons (Fsp3) is 0.200. The number of aryl methyl sites for hydroxylation is 1. The minimum absolute atomic E-state index is 0.0755. The minimum atomic E-state index is -0.0755. The van der Waals surface area contributed by atoms with Crippen molar-refractivity contribution in [2.45, 2.75) is 20.3 Å². The summed E-state index contributed by atoms with van der Waals surface area (Å²) in [6.07, 6.45) is 1.12. The predicted octanol–water partition coefficient (Wildman–Crippen LogP) is 3.70. The maximum Gasteiger partial charge on any atom is 0.262 e. The van der Waals surface area contributed by atoms with E-state index < -0.39 is 0 Å². The van der Waals surface area contributed by atoms with Gasteiger partial charge in [-0.15, -0.1) is 0 Å². The number of aldehydes is 1. The van der Waals surface area contributed by atoms with Crippen LogP contribution in [0.5, 0.6) is 5.75 Å². The molecule has 4 heteroatoms. The molecule has 0 aliphatic rings. The van der Waals surface area contributed by atoms with Crippen molar-refractivity contribution in [3.63, 3.8) is 0 Å². The number of carbonyl (C=O) groups excluding carboxylic acids is 2. The van der Waals surface area contributed by atoms with Crippen molar-refractivity contribution < 1.29 is 14.3 Å². The van der Waals surface area contributed by atoms with Crippen LogP contribution < -0.4 is 4.74 Å². The van der Waals surface area contributed by atoms with Gasteiger partial charge in [0.1, 0.15) is 12.0 Å². The summed E-state index contributed by atoms with van der Waals surface area (Å²) in [4.78, 5) is 24.1. The van der Waals surface area contributed by atoms with Crippen LogP contribution in [0.4, 0.5) is 0 Å². The molecular formula is C20H19NO3. The average Bonchev–Trinajstić information content (AvgIpc) is 2.87. The van der Waals surface area contributed by atoms with Crippen molar-refractivity contribution in [1.29, 1.82) is 0 Å². The number of fused-ring (bicyclic) bond motifs is 1. The highest BCUT2D eigenvalue weighted by atomic mass is 16.5. The minimum Gasteiger partial charge on any atom is -0.496 e. The van der Waals surface area contributed by atoms with Gasteiger partial charge >= 0.3 is 0 Å². The van der Waals surface area contributed by atoms with Crippen LogP contribution >= 0.6 is 0 Å². The van der Waals surface area contributed by atoms with E-state index in [1.54, 1.807) is 23.8 Å². The van der Waals surface area contributed by atoms with Crippen LogP contribution in [0, 0.1) is 13.8 Å². The monoisotopic (exact) mass is 321 g/mol. The molecule has 2 aromatic carbocycles. The third-order valence-corrected chi connectivity index (χ3v) is 4.47. The molecule has 3 rings (SSSR count). The van der Waals surface area contributed by atoms with E-state index in [4.69, 9.17) is 4.74 Å². The van der Waals surface area contributed by atoms with Gasteiger partial charge in [0.2, 0.25) is 0 Å². The zero-order valence-corrected chi connectivity index (χ0v) is 14.0. The molecule has 0 bridgehead atoms. The molecule has 0 atom stereocenters. The summed E-state index contributed by atoms with van der Waals surface area (Å²) in [6, 6.07) is 12.9. The van der Waals surface area contributed by atoms with E-state index in [0.717, 1.165) is 34.0 Å². The van der Waals surface area contributed by atoms with Gasteiger partial charge in [0.25, 0.3) is 5.91 Å². The Morgan fingerprint density at radius 2 is 1.83 bits per heavy atom. The molecule has 0 spiro atoms. The quantitative estimate of drug-likeness (QED) is 0.689. The second-order valence-electron chi connectivity index (χ2n) is 5.73. The molecule has 0 N–H and O–H groups in total. The van der Waals surface area contributed by atoms with E-state index in [1.807, 2.05) is 44.2 Å². The lowest BCUT2D eigenvalue weighted by atomic mass is 10.0. The third-order valence-electron chi connectivity index (χ3n) is 4.47. The number of nitrogens with zero attached hydrogens (tertiary/aromatic N) is 1. The van der Waals surface area contributed by atoms with Gasteiger partial charge < -0.3 is 9.53 Å². The molecule has 0 aliphatic heterocycles. The Kier molecular flexibility index (Phi) is 4.21. The molecule has 3 aromatic rings. The third kappa shape index (κ3) is 2.40. The normalized spacial score (nSPS) is 10.8. The highest BCUT2D eigenvalue weighted by Gasteiger charge is 2.21. The van der Waals surface area contributed by atoms with Crippen LogP contribution in [0.2, 0.25) is 0 Å². The van der Waals surface area contributed by atoms with E-state index in [0.29, 0.717) is 11.3 Å². The van der Waals surface area contributed by atoms with Gasteiger partial charge in [0.15, 0.2) is 0 Å². The zero-order valence-electron chi connectivity index (χ0n) is 14.0. The zero-order chi connectivity index (χ0) is 17.3. The van der Waals surface area contributed by atoms with Gasteiger partial charge in [-0.25, -0.2) is 0 Å². The average molecular weight is 321 g/mol. The Morgan fingerprint density at radius 3 is 2.46 bits per heavy atom. The summed E-state index contributed by atoms with van der Waals surface area (Å²) in [5.41, 5.74) is 4.12.